The first-order valence-corrected chi connectivity index (χ1v) is 10.7. The summed E-state index contributed by atoms with van der Waals surface area (Å²) in [5.41, 5.74) is 2.56. The first-order chi connectivity index (χ1) is 12.8. The fraction of sp³-hybridized carbons (Fsp3) is 0.333. The Balaban J connectivity index is 1.64. The van der Waals surface area contributed by atoms with Crippen LogP contribution in [0.3, 0.4) is 0 Å². The van der Waals surface area contributed by atoms with Crippen LogP contribution >= 0.6 is 11.6 Å². The number of nitrogens with zero attached hydrogens (tertiary/aromatic N) is 2. The van der Waals surface area contributed by atoms with Crippen LogP contribution in [0, 0.1) is 10.1 Å². The summed E-state index contributed by atoms with van der Waals surface area (Å²) in [5, 5.41) is 15.0. The van der Waals surface area contributed by atoms with Gasteiger partial charge in [0.05, 0.1) is 4.92 Å². The molecule has 0 radical (unpaired) electrons. The van der Waals surface area contributed by atoms with Gasteiger partial charge in [-0.1, -0.05) is 23.7 Å². The maximum atomic E-state index is 11.8. The second-order valence-electron chi connectivity index (χ2n) is 6.54. The van der Waals surface area contributed by atoms with Crippen molar-refractivity contribution >= 4 is 32.8 Å². The summed E-state index contributed by atoms with van der Waals surface area (Å²) in [5.74, 6) is 0. The van der Waals surface area contributed by atoms with Crippen molar-refractivity contribution in [2.24, 2.45) is 0 Å². The number of nitrogens with one attached hydrogen (secondary N) is 1. The molecule has 1 N–H and O–H groups in total. The van der Waals surface area contributed by atoms with Gasteiger partial charge in [0.1, 0.15) is 4.90 Å². The predicted octanol–water partition coefficient (Wildman–Crippen LogP) is 3.12. The number of nitro benzene ring substituents is 1. The number of fused-ring (bicyclic) bond motifs is 1. The van der Waals surface area contributed by atoms with Crippen molar-refractivity contribution in [1.29, 1.82) is 0 Å². The molecule has 1 heterocycles. The lowest BCUT2D eigenvalue weighted by molar-refractivity contribution is -0.387. The van der Waals surface area contributed by atoms with Gasteiger partial charge in [0, 0.05) is 49.2 Å². The van der Waals surface area contributed by atoms with Crippen LogP contribution in [-0.2, 0) is 22.8 Å². The molecule has 0 amide bonds. The first-order valence-electron chi connectivity index (χ1n) is 8.46. The number of nitro groups is 1. The average Bonchev–Trinajstić information content (AvgIpc) is 2.61. The Morgan fingerprint density at radius 3 is 2.78 bits per heavy atom. The molecule has 0 saturated carbocycles. The molecule has 3 rings (SSSR count). The zero-order valence-electron chi connectivity index (χ0n) is 14.8. The standard InChI is InChI=1S/C18H20ClN3O4S/c1-27(25,26)18-11-14(5-6-17(18)22(23)24)20-8-10-21-9-7-15-13(12-21)3-2-4-16(15)19/h2-6,11,20H,7-10,12H2,1H3. The van der Waals surface area contributed by atoms with Crippen molar-refractivity contribution < 1.29 is 13.3 Å². The largest absolute Gasteiger partial charge is 0.384 e. The third-order valence-corrected chi connectivity index (χ3v) is 6.08. The lowest BCUT2D eigenvalue weighted by Gasteiger charge is -2.29. The number of sulfone groups is 1. The van der Waals surface area contributed by atoms with Gasteiger partial charge >= 0.3 is 0 Å². The van der Waals surface area contributed by atoms with E-state index in [1.165, 1.54) is 29.3 Å². The summed E-state index contributed by atoms with van der Waals surface area (Å²) in [6, 6.07) is 10.0. The Bertz CT molecular complexity index is 979. The summed E-state index contributed by atoms with van der Waals surface area (Å²) in [6.45, 7) is 3.06. The summed E-state index contributed by atoms with van der Waals surface area (Å²) >= 11 is 6.23. The van der Waals surface area contributed by atoms with Crippen LogP contribution in [0.5, 0.6) is 0 Å². The van der Waals surface area contributed by atoms with Crippen molar-refractivity contribution in [2.45, 2.75) is 17.9 Å². The van der Waals surface area contributed by atoms with E-state index >= 15 is 0 Å². The number of rotatable bonds is 6. The molecule has 0 fully saturated rings. The fourth-order valence-corrected chi connectivity index (χ4v) is 4.39. The van der Waals surface area contributed by atoms with Gasteiger partial charge in [-0.15, -0.1) is 0 Å². The SMILES string of the molecule is CS(=O)(=O)c1cc(NCCN2CCc3c(Cl)cccc3C2)ccc1[N+](=O)[O-]. The highest BCUT2D eigenvalue weighted by Crippen LogP contribution is 2.28. The fourth-order valence-electron chi connectivity index (χ4n) is 3.24. The van der Waals surface area contributed by atoms with E-state index in [-0.39, 0.29) is 4.90 Å². The van der Waals surface area contributed by atoms with Gasteiger partial charge in [-0.05, 0) is 35.7 Å². The molecule has 7 nitrogen and oxygen atoms in total. The molecular weight excluding hydrogens is 390 g/mol. The average molecular weight is 410 g/mol. The molecule has 9 heteroatoms. The number of hydrogen-bond donors (Lipinski definition) is 1. The lowest BCUT2D eigenvalue weighted by atomic mass is 10.00. The van der Waals surface area contributed by atoms with E-state index in [0.717, 1.165) is 37.3 Å². The molecular formula is C18H20ClN3O4S. The Kier molecular flexibility index (Phi) is 5.69. The second kappa shape index (κ2) is 7.84. The van der Waals surface area contributed by atoms with Crippen LogP contribution in [0.25, 0.3) is 0 Å². The highest BCUT2D eigenvalue weighted by atomic mass is 35.5. The Labute approximate surface area is 163 Å². The molecule has 0 bridgehead atoms. The molecule has 2 aromatic rings. The van der Waals surface area contributed by atoms with Crippen LogP contribution in [0.2, 0.25) is 5.02 Å². The minimum absolute atomic E-state index is 0.279. The normalized spacial score (nSPS) is 14.6. The second-order valence-corrected chi connectivity index (χ2v) is 8.93. The summed E-state index contributed by atoms with van der Waals surface area (Å²) in [4.78, 5) is 12.4. The first kappa shape index (κ1) is 19.6. The summed E-state index contributed by atoms with van der Waals surface area (Å²) < 4.78 is 23.6. The monoisotopic (exact) mass is 409 g/mol. The van der Waals surface area contributed by atoms with Crippen molar-refractivity contribution in [2.75, 3.05) is 31.2 Å². The molecule has 0 aromatic heterocycles. The van der Waals surface area contributed by atoms with Crippen molar-refractivity contribution in [1.82, 2.24) is 4.90 Å². The lowest BCUT2D eigenvalue weighted by Crippen LogP contribution is -2.34. The zero-order chi connectivity index (χ0) is 19.6. The van der Waals surface area contributed by atoms with Crippen molar-refractivity contribution in [3.8, 4) is 0 Å². The van der Waals surface area contributed by atoms with Gasteiger partial charge in [-0.25, -0.2) is 8.42 Å². The van der Waals surface area contributed by atoms with Gasteiger partial charge in [-0.2, -0.15) is 0 Å². The molecule has 0 unspecified atom stereocenters. The van der Waals surface area contributed by atoms with E-state index in [0.29, 0.717) is 12.2 Å². The molecule has 0 spiro atoms. The van der Waals surface area contributed by atoms with Crippen molar-refractivity contribution in [3.05, 3.63) is 62.7 Å². The maximum Gasteiger partial charge on any atom is 0.288 e. The van der Waals surface area contributed by atoms with E-state index in [4.69, 9.17) is 11.6 Å². The Morgan fingerprint density at radius 2 is 2.07 bits per heavy atom. The topological polar surface area (TPSA) is 92.6 Å². The van der Waals surface area contributed by atoms with E-state index in [1.807, 2.05) is 12.1 Å². The Hall–Kier alpha value is -2.16. The maximum absolute atomic E-state index is 11.8. The molecule has 144 valence electrons. The number of halogens is 1. The van der Waals surface area contributed by atoms with Gasteiger partial charge in [0.15, 0.2) is 9.84 Å². The Morgan fingerprint density at radius 1 is 1.30 bits per heavy atom. The number of anilines is 1. The minimum atomic E-state index is -3.69. The van der Waals surface area contributed by atoms with Crippen LogP contribution in [-0.4, -0.2) is 44.1 Å². The minimum Gasteiger partial charge on any atom is -0.384 e. The summed E-state index contributed by atoms with van der Waals surface area (Å²) in [6.07, 6.45) is 1.86. The molecule has 0 aliphatic carbocycles. The van der Waals surface area contributed by atoms with Gasteiger partial charge in [-0.3, -0.25) is 15.0 Å². The molecule has 2 aromatic carbocycles. The highest BCUT2D eigenvalue weighted by Gasteiger charge is 2.22. The van der Waals surface area contributed by atoms with E-state index in [9.17, 15) is 18.5 Å². The molecule has 27 heavy (non-hydrogen) atoms. The van der Waals surface area contributed by atoms with E-state index in [2.05, 4.69) is 16.3 Å². The quantitative estimate of drug-likeness (QED) is 0.582. The van der Waals surface area contributed by atoms with Gasteiger partial charge in [0.25, 0.3) is 5.69 Å². The third-order valence-electron chi connectivity index (χ3n) is 4.60. The molecule has 0 atom stereocenters. The summed E-state index contributed by atoms with van der Waals surface area (Å²) in [7, 11) is -3.69. The van der Waals surface area contributed by atoms with Crippen LogP contribution in [0.1, 0.15) is 11.1 Å². The predicted molar refractivity (Wildman–Crippen MR) is 105 cm³/mol. The van der Waals surface area contributed by atoms with E-state index in [1.54, 1.807) is 0 Å². The molecule has 1 aliphatic rings. The molecule has 1 aliphatic heterocycles. The number of hydrogen-bond acceptors (Lipinski definition) is 6. The van der Waals surface area contributed by atoms with Crippen LogP contribution < -0.4 is 5.32 Å². The van der Waals surface area contributed by atoms with Gasteiger partial charge < -0.3 is 5.32 Å². The van der Waals surface area contributed by atoms with Crippen LogP contribution in [0.15, 0.2) is 41.3 Å². The van der Waals surface area contributed by atoms with Crippen LogP contribution in [0.4, 0.5) is 11.4 Å². The van der Waals surface area contributed by atoms with E-state index < -0.39 is 20.4 Å². The molecule has 0 saturated heterocycles. The third kappa shape index (κ3) is 4.58. The van der Waals surface area contributed by atoms with Gasteiger partial charge in [0.2, 0.25) is 0 Å². The highest BCUT2D eigenvalue weighted by molar-refractivity contribution is 7.90. The zero-order valence-corrected chi connectivity index (χ0v) is 16.4. The smallest absolute Gasteiger partial charge is 0.288 e. The van der Waals surface area contributed by atoms with Crippen molar-refractivity contribution in [3.63, 3.8) is 0 Å². The number of benzene rings is 2.